The first-order valence-corrected chi connectivity index (χ1v) is 9.60. The molecule has 4 heteroatoms. The molecule has 2 heterocycles. The molecule has 4 aliphatic rings. The maximum atomic E-state index is 12.8. The first-order chi connectivity index (χ1) is 10.8. The number of hydrogen-bond acceptors (Lipinski definition) is 3. The molecular formula is C18H31N3O. The van der Waals surface area contributed by atoms with Crippen LogP contribution in [0.2, 0.25) is 0 Å². The van der Waals surface area contributed by atoms with Crippen LogP contribution in [0.5, 0.6) is 0 Å². The van der Waals surface area contributed by atoms with Crippen LogP contribution in [0.15, 0.2) is 0 Å². The average Bonchev–Trinajstić information content (AvgIpc) is 3.23. The lowest BCUT2D eigenvalue weighted by atomic mass is 9.85. The van der Waals surface area contributed by atoms with Crippen molar-refractivity contribution in [3.05, 3.63) is 0 Å². The molecule has 3 atom stereocenters. The number of rotatable bonds is 2. The summed E-state index contributed by atoms with van der Waals surface area (Å²) in [5.41, 5.74) is 0. The lowest BCUT2D eigenvalue weighted by Gasteiger charge is -2.39. The molecule has 124 valence electrons. The van der Waals surface area contributed by atoms with Crippen molar-refractivity contribution in [2.75, 3.05) is 26.2 Å². The zero-order valence-electron chi connectivity index (χ0n) is 13.8. The van der Waals surface area contributed by atoms with Crippen LogP contribution < -0.4 is 5.32 Å². The molecule has 22 heavy (non-hydrogen) atoms. The van der Waals surface area contributed by atoms with Gasteiger partial charge in [0.05, 0.1) is 6.04 Å². The van der Waals surface area contributed by atoms with Crippen molar-refractivity contribution in [3.8, 4) is 0 Å². The number of fused-ring (bicyclic) bond motifs is 1. The van der Waals surface area contributed by atoms with Gasteiger partial charge in [-0.2, -0.15) is 0 Å². The molecule has 4 fully saturated rings. The number of piperazine rings is 1. The SMILES string of the molecule is O=C(C1CC2CCCCC2N1)N1CCN(C2CCCC2)CC1. The number of nitrogens with one attached hydrogen (secondary N) is 1. The molecule has 2 aliphatic carbocycles. The standard InChI is InChI=1S/C18H31N3O/c22-18(17-13-14-5-1-4-8-16(14)19-17)21-11-9-20(10-12-21)15-6-2-3-7-15/h14-17,19H,1-13H2. The van der Waals surface area contributed by atoms with Gasteiger partial charge in [0.2, 0.25) is 5.91 Å². The normalized spacial score (nSPS) is 37.5. The van der Waals surface area contributed by atoms with Crippen LogP contribution in [-0.4, -0.2) is 60.0 Å². The lowest BCUT2D eigenvalue weighted by Crippen LogP contribution is -2.55. The van der Waals surface area contributed by atoms with Crippen LogP contribution in [-0.2, 0) is 4.79 Å². The summed E-state index contributed by atoms with van der Waals surface area (Å²) in [6.07, 6.45) is 12.0. The molecule has 0 aromatic rings. The highest BCUT2D eigenvalue weighted by molar-refractivity contribution is 5.82. The molecule has 0 aromatic heterocycles. The third kappa shape index (κ3) is 2.92. The maximum absolute atomic E-state index is 12.8. The summed E-state index contributed by atoms with van der Waals surface area (Å²) in [6.45, 7) is 4.08. The topological polar surface area (TPSA) is 35.6 Å². The van der Waals surface area contributed by atoms with Crippen LogP contribution >= 0.6 is 0 Å². The predicted octanol–water partition coefficient (Wildman–Crippen LogP) is 1.99. The summed E-state index contributed by atoms with van der Waals surface area (Å²) in [4.78, 5) is 17.6. The Morgan fingerprint density at radius 2 is 1.55 bits per heavy atom. The Kier molecular flexibility index (Phi) is 4.40. The smallest absolute Gasteiger partial charge is 0.239 e. The molecule has 3 unspecified atom stereocenters. The Bertz CT molecular complexity index is 385. The van der Waals surface area contributed by atoms with Crippen molar-refractivity contribution in [2.24, 2.45) is 5.92 Å². The summed E-state index contributed by atoms with van der Waals surface area (Å²) < 4.78 is 0. The van der Waals surface area contributed by atoms with Crippen LogP contribution in [0.25, 0.3) is 0 Å². The predicted molar refractivity (Wildman–Crippen MR) is 87.7 cm³/mol. The molecule has 0 spiro atoms. The van der Waals surface area contributed by atoms with E-state index < -0.39 is 0 Å². The fourth-order valence-corrected chi connectivity index (χ4v) is 5.31. The van der Waals surface area contributed by atoms with Gasteiger partial charge in [-0.1, -0.05) is 25.7 Å². The summed E-state index contributed by atoms with van der Waals surface area (Å²) in [7, 11) is 0. The number of amides is 1. The van der Waals surface area contributed by atoms with Gasteiger partial charge in [-0.05, 0) is 38.0 Å². The third-order valence-corrected chi connectivity index (χ3v) is 6.63. The fraction of sp³-hybridized carbons (Fsp3) is 0.944. The van der Waals surface area contributed by atoms with Crippen LogP contribution in [0, 0.1) is 5.92 Å². The molecular weight excluding hydrogens is 274 g/mol. The van der Waals surface area contributed by atoms with Crippen molar-refractivity contribution in [2.45, 2.75) is 75.9 Å². The zero-order chi connectivity index (χ0) is 14.9. The Morgan fingerprint density at radius 1 is 0.864 bits per heavy atom. The van der Waals surface area contributed by atoms with E-state index in [1.165, 1.54) is 51.4 Å². The van der Waals surface area contributed by atoms with E-state index in [0.29, 0.717) is 11.9 Å². The second-order valence-electron chi connectivity index (χ2n) is 7.91. The van der Waals surface area contributed by atoms with Gasteiger partial charge in [0.1, 0.15) is 0 Å². The number of carbonyl (C=O) groups is 1. The monoisotopic (exact) mass is 305 g/mol. The third-order valence-electron chi connectivity index (χ3n) is 6.63. The summed E-state index contributed by atoms with van der Waals surface area (Å²) in [5, 5.41) is 3.65. The largest absolute Gasteiger partial charge is 0.339 e. The summed E-state index contributed by atoms with van der Waals surface area (Å²) in [5.74, 6) is 1.16. The lowest BCUT2D eigenvalue weighted by molar-refractivity contribution is -0.135. The van der Waals surface area contributed by atoms with Crippen LogP contribution in [0.3, 0.4) is 0 Å². The minimum Gasteiger partial charge on any atom is -0.339 e. The van der Waals surface area contributed by atoms with Crippen molar-refractivity contribution in [3.63, 3.8) is 0 Å². The van der Waals surface area contributed by atoms with E-state index in [1.807, 2.05) is 0 Å². The molecule has 0 radical (unpaired) electrons. The van der Waals surface area contributed by atoms with Crippen LogP contribution in [0.4, 0.5) is 0 Å². The van der Waals surface area contributed by atoms with Gasteiger partial charge in [-0.15, -0.1) is 0 Å². The second kappa shape index (κ2) is 6.48. The fourth-order valence-electron chi connectivity index (χ4n) is 5.31. The molecule has 1 N–H and O–H groups in total. The highest BCUT2D eigenvalue weighted by atomic mass is 16.2. The number of carbonyl (C=O) groups excluding carboxylic acids is 1. The Balaban J connectivity index is 1.29. The van der Waals surface area contributed by atoms with Gasteiger partial charge in [0, 0.05) is 38.3 Å². The molecule has 0 bridgehead atoms. The minimum absolute atomic E-state index is 0.117. The van der Waals surface area contributed by atoms with Gasteiger partial charge >= 0.3 is 0 Å². The quantitative estimate of drug-likeness (QED) is 0.847. The van der Waals surface area contributed by atoms with E-state index in [1.54, 1.807) is 0 Å². The Labute approximate surface area is 134 Å². The van der Waals surface area contributed by atoms with Crippen molar-refractivity contribution in [1.29, 1.82) is 0 Å². The first kappa shape index (κ1) is 14.9. The molecule has 4 nitrogen and oxygen atoms in total. The van der Waals surface area contributed by atoms with Crippen molar-refractivity contribution < 1.29 is 4.79 Å². The van der Waals surface area contributed by atoms with E-state index >= 15 is 0 Å². The van der Waals surface area contributed by atoms with E-state index in [4.69, 9.17) is 0 Å². The van der Waals surface area contributed by atoms with Crippen molar-refractivity contribution in [1.82, 2.24) is 15.1 Å². The van der Waals surface area contributed by atoms with Gasteiger partial charge in [-0.25, -0.2) is 0 Å². The highest BCUT2D eigenvalue weighted by Gasteiger charge is 2.40. The first-order valence-electron chi connectivity index (χ1n) is 9.60. The molecule has 2 saturated heterocycles. The number of hydrogen-bond donors (Lipinski definition) is 1. The molecule has 1 amide bonds. The van der Waals surface area contributed by atoms with Gasteiger partial charge in [0.15, 0.2) is 0 Å². The zero-order valence-corrected chi connectivity index (χ0v) is 13.8. The van der Waals surface area contributed by atoms with Gasteiger partial charge < -0.3 is 10.2 Å². The Hall–Kier alpha value is -0.610. The average molecular weight is 305 g/mol. The van der Waals surface area contributed by atoms with Gasteiger partial charge in [0.25, 0.3) is 0 Å². The maximum Gasteiger partial charge on any atom is 0.239 e. The van der Waals surface area contributed by atoms with E-state index in [9.17, 15) is 4.79 Å². The summed E-state index contributed by atoms with van der Waals surface area (Å²) >= 11 is 0. The molecule has 4 rings (SSSR count). The van der Waals surface area contributed by atoms with Crippen LogP contribution in [0.1, 0.15) is 57.8 Å². The second-order valence-corrected chi connectivity index (χ2v) is 7.91. The van der Waals surface area contributed by atoms with Crippen molar-refractivity contribution >= 4 is 5.91 Å². The summed E-state index contributed by atoms with van der Waals surface area (Å²) in [6, 6.07) is 1.55. The molecule has 2 saturated carbocycles. The van der Waals surface area contributed by atoms with E-state index in [-0.39, 0.29) is 6.04 Å². The highest BCUT2D eigenvalue weighted by Crippen LogP contribution is 2.34. The van der Waals surface area contributed by atoms with E-state index in [0.717, 1.165) is 44.6 Å². The molecule has 0 aromatic carbocycles. The van der Waals surface area contributed by atoms with E-state index in [2.05, 4.69) is 15.1 Å². The molecule has 2 aliphatic heterocycles. The van der Waals surface area contributed by atoms with Gasteiger partial charge in [-0.3, -0.25) is 9.69 Å². The minimum atomic E-state index is 0.117. The number of nitrogens with zero attached hydrogens (tertiary/aromatic N) is 2. The Morgan fingerprint density at radius 3 is 2.27 bits per heavy atom.